The van der Waals surface area contributed by atoms with Gasteiger partial charge in [-0.2, -0.15) is 0 Å². The second-order valence-corrected chi connectivity index (χ2v) is 5.23. The average molecular weight is 312 g/mol. The fourth-order valence-corrected chi connectivity index (χ4v) is 2.33. The number of hydrogen-bond donors (Lipinski definition) is 2. The van der Waals surface area contributed by atoms with Gasteiger partial charge in [-0.05, 0) is 36.2 Å². The zero-order valence-corrected chi connectivity index (χ0v) is 13.3. The van der Waals surface area contributed by atoms with Gasteiger partial charge >= 0.3 is 0 Å². The van der Waals surface area contributed by atoms with Crippen LogP contribution in [0.15, 0.2) is 41.5 Å². The average Bonchev–Trinajstić information content (AvgIpc) is 3.04. The van der Waals surface area contributed by atoms with Crippen LogP contribution in [0.25, 0.3) is 0 Å². The minimum absolute atomic E-state index is 0.291. The van der Waals surface area contributed by atoms with Crippen molar-refractivity contribution in [3.63, 3.8) is 0 Å². The smallest absolute Gasteiger partial charge is 0.231 e. The Morgan fingerprint density at radius 2 is 2.00 bits per heavy atom. The van der Waals surface area contributed by atoms with Crippen LogP contribution in [0.4, 0.5) is 0 Å². The number of guanidine groups is 1. The van der Waals surface area contributed by atoms with Gasteiger partial charge in [-0.1, -0.05) is 12.1 Å². The van der Waals surface area contributed by atoms with Crippen LogP contribution in [0.2, 0.25) is 0 Å². The third-order valence-electron chi connectivity index (χ3n) is 3.66. The highest BCUT2D eigenvalue weighted by atomic mass is 16.7. The van der Waals surface area contributed by atoms with Crippen LogP contribution < -0.4 is 20.1 Å². The second kappa shape index (κ2) is 7.00. The summed E-state index contributed by atoms with van der Waals surface area (Å²) in [7, 11) is 1.75. The molecule has 0 radical (unpaired) electrons. The van der Waals surface area contributed by atoms with Crippen molar-refractivity contribution in [3.05, 3.63) is 53.3 Å². The number of aromatic nitrogens is 1. The van der Waals surface area contributed by atoms with E-state index >= 15 is 0 Å². The highest BCUT2D eigenvalue weighted by Gasteiger charge is 2.13. The Labute approximate surface area is 135 Å². The molecule has 0 saturated carbocycles. The van der Waals surface area contributed by atoms with E-state index in [0.29, 0.717) is 19.9 Å². The zero-order valence-electron chi connectivity index (χ0n) is 13.3. The molecule has 1 aliphatic heterocycles. The van der Waals surface area contributed by atoms with E-state index in [1.54, 1.807) is 13.2 Å². The first-order valence-corrected chi connectivity index (χ1v) is 7.50. The molecule has 0 unspecified atom stereocenters. The highest BCUT2D eigenvalue weighted by Crippen LogP contribution is 2.32. The maximum Gasteiger partial charge on any atom is 0.231 e. The van der Waals surface area contributed by atoms with Gasteiger partial charge in [0.2, 0.25) is 6.79 Å². The normalized spacial score (nSPS) is 13.0. The Kier molecular flexibility index (Phi) is 4.61. The molecular formula is C17H20N4O2. The van der Waals surface area contributed by atoms with E-state index in [1.807, 2.05) is 37.3 Å². The zero-order chi connectivity index (χ0) is 16.1. The molecule has 3 rings (SSSR count). The van der Waals surface area contributed by atoms with E-state index in [9.17, 15) is 0 Å². The van der Waals surface area contributed by atoms with Crippen LogP contribution in [-0.4, -0.2) is 24.8 Å². The molecule has 6 nitrogen and oxygen atoms in total. The molecule has 0 atom stereocenters. The Hall–Kier alpha value is -2.76. The van der Waals surface area contributed by atoms with Crippen LogP contribution in [0.3, 0.4) is 0 Å². The lowest BCUT2D eigenvalue weighted by molar-refractivity contribution is 0.174. The monoisotopic (exact) mass is 312 g/mol. The SMILES string of the molecule is CN=C(NCc1ccc2c(c1)OCO2)NCc1ncccc1C. The maximum atomic E-state index is 5.39. The minimum atomic E-state index is 0.291. The molecule has 23 heavy (non-hydrogen) atoms. The number of hydrogen-bond acceptors (Lipinski definition) is 4. The van der Waals surface area contributed by atoms with E-state index in [0.717, 1.165) is 34.3 Å². The summed E-state index contributed by atoms with van der Waals surface area (Å²) in [6.45, 7) is 3.62. The molecule has 0 aliphatic carbocycles. The van der Waals surface area contributed by atoms with E-state index in [-0.39, 0.29) is 0 Å². The number of aliphatic imine (C=N–C) groups is 1. The minimum Gasteiger partial charge on any atom is -0.454 e. The largest absolute Gasteiger partial charge is 0.454 e. The molecule has 2 heterocycles. The number of nitrogens with zero attached hydrogens (tertiary/aromatic N) is 2. The summed E-state index contributed by atoms with van der Waals surface area (Å²) in [5.41, 5.74) is 3.27. The summed E-state index contributed by atoms with van der Waals surface area (Å²) in [4.78, 5) is 8.60. The van der Waals surface area contributed by atoms with Crippen molar-refractivity contribution < 1.29 is 9.47 Å². The Morgan fingerprint density at radius 1 is 1.17 bits per heavy atom. The van der Waals surface area contributed by atoms with Crippen molar-refractivity contribution in [3.8, 4) is 11.5 Å². The van der Waals surface area contributed by atoms with Gasteiger partial charge in [-0.3, -0.25) is 9.98 Å². The summed E-state index contributed by atoms with van der Waals surface area (Å²) < 4.78 is 10.7. The lowest BCUT2D eigenvalue weighted by Gasteiger charge is -2.12. The third kappa shape index (κ3) is 3.71. The lowest BCUT2D eigenvalue weighted by Crippen LogP contribution is -2.36. The van der Waals surface area contributed by atoms with E-state index < -0.39 is 0 Å². The topological polar surface area (TPSA) is 67.8 Å². The fraction of sp³-hybridized carbons (Fsp3) is 0.294. The first kappa shape index (κ1) is 15.1. The molecule has 1 aliphatic rings. The van der Waals surface area contributed by atoms with Crippen LogP contribution >= 0.6 is 0 Å². The molecule has 0 saturated heterocycles. The van der Waals surface area contributed by atoms with Gasteiger partial charge in [0.25, 0.3) is 0 Å². The van der Waals surface area contributed by atoms with Crippen molar-refractivity contribution >= 4 is 5.96 Å². The molecule has 1 aromatic carbocycles. The number of fused-ring (bicyclic) bond motifs is 1. The predicted octanol–water partition coefficient (Wildman–Crippen LogP) is 1.98. The van der Waals surface area contributed by atoms with Gasteiger partial charge in [0, 0.05) is 19.8 Å². The van der Waals surface area contributed by atoms with E-state index in [1.165, 1.54) is 0 Å². The molecule has 120 valence electrons. The molecule has 2 N–H and O–H groups in total. The van der Waals surface area contributed by atoms with Gasteiger partial charge < -0.3 is 20.1 Å². The standard InChI is InChI=1S/C17H20N4O2/c1-12-4-3-7-19-14(12)10-21-17(18-2)20-9-13-5-6-15-16(8-13)23-11-22-15/h3-8H,9-11H2,1-2H3,(H2,18,20,21). The number of pyridine rings is 1. The van der Waals surface area contributed by atoms with Crippen molar-refractivity contribution in [2.75, 3.05) is 13.8 Å². The van der Waals surface area contributed by atoms with Crippen LogP contribution in [-0.2, 0) is 13.1 Å². The lowest BCUT2D eigenvalue weighted by atomic mass is 10.2. The Balaban J connectivity index is 1.55. The van der Waals surface area contributed by atoms with Crippen molar-refractivity contribution in [2.45, 2.75) is 20.0 Å². The van der Waals surface area contributed by atoms with Crippen LogP contribution in [0, 0.1) is 6.92 Å². The van der Waals surface area contributed by atoms with Crippen molar-refractivity contribution in [2.24, 2.45) is 4.99 Å². The van der Waals surface area contributed by atoms with Gasteiger partial charge in [0.1, 0.15) is 0 Å². The van der Waals surface area contributed by atoms with Gasteiger partial charge in [-0.15, -0.1) is 0 Å². The molecule has 0 fully saturated rings. The quantitative estimate of drug-likeness (QED) is 0.667. The molecule has 0 bridgehead atoms. The number of ether oxygens (including phenoxy) is 2. The first-order valence-electron chi connectivity index (χ1n) is 7.50. The summed E-state index contributed by atoms with van der Waals surface area (Å²) in [6.07, 6.45) is 1.80. The van der Waals surface area contributed by atoms with Gasteiger partial charge in [0.05, 0.1) is 12.2 Å². The number of nitrogens with one attached hydrogen (secondary N) is 2. The maximum absolute atomic E-state index is 5.39. The number of benzene rings is 1. The molecule has 1 aromatic heterocycles. The Morgan fingerprint density at radius 3 is 2.83 bits per heavy atom. The molecule has 2 aromatic rings. The summed E-state index contributed by atoms with van der Waals surface area (Å²) in [5, 5.41) is 6.55. The molecule has 0 amide bonds. The summed E-state index contributed by atoms with van der Waals surface area (Å²) in [6, 6.07) is 9.90. The van der Waals surface area contributed by atoms with Crippen LogP contribution in [0.5, 0.6) is 11.5 Å². The fourth-order valence-electron chi connectivity index (χ4n) is 2.33. The number of rotatable bonds is 4. The summed E-state index contributed by atoms with van der Waals surface area (Å²) in [5.74, 6) is 2.31. The van der Waals surface area contributed by atoms with Gasteiger partial charge in [-0.25, -0.2) is 0 Å². The molecule has 0 spiro atoms. The first-order chi connectivity index (χ1) is 11.3. The van der Waals surface area contributed by atoms with Crippen molar-refractivity contribution in [1.29, 1.82) is 0 Å². The molecular weight excluding hydrogens is 292 g/mol. The second-order valence-electron chi connectivity index (χ2n) is 5.23. The highest BCUT2D eigenvalue weighted by molar-refractivity contribution is 5.79. The van der Waals surface area contributed by atoms with E-state index in [2.05, 4.69) is 20.6 Å². The summed E-state index contributed by atoms with van der Waals surface area (Å²) >= 11 is 0. The van der Waals surface area contributed by atoms with Gasteiger partial charge in [0.15, 0.2) is 17.5 Å². The van der Waals surface area contributed by atoms with Crippen LogP contribution in [0.1, 0.15) is 16.8 Å². The predicted molar refractivity (Wildman–Crippen MR) is 88.6 cm³/mol. The Bertz CT molecular complexity index is 715. The van der Waals surface area contributed by atoms with Crippen molar-refractivity contribution in [1.82, 2.24) is 15.6 Å². The third-order valence-corrected chi connectivity index (χ3v) is 3.66. The number of aryl methyl sites for hydroxylation is 1. The van der Waals surface area contributed by atoms with E-state index in [4.69, 9.17) is 9.47 Å². The molecule has 6 heteroatoms.